The van der Waals surface area contributed by atoms with Crippen LogP contribution in [0.5, 0.6) is 0 Å². The van der Waals surface area contributed by atoms with Crippen LogP contribution in [0.3, 0.4) is 0 Å². The van der Waals surface area contributed by atoms with Crippen LogP contribution >= 0.6 is 0 Å². The lowest BCUT2D eigenvalue weighted by molar-refractivity contribution is -0.143. The topological polar surface area (TPSA) is 123 Å². The molecule has 2 aromatic rings. The van der Waals surface area contributed by atoms with Crippen molar-refractivity contribution in [2.45, 2.75) is 83.3 Å². The summed E-state index contributed by atoms with van der Waals surface area (Å²) in [5.41, 5.74) is 9.93. The summed E-state index contributed by atoms with van der Waals surface area (Å²) < 4.78 is 14.2. The normalized spacial score (nSPS) is 22.3. The van der Waals surface area contributed by atoms with E-state index < -0.39 is 5.97 Å². The minimum Gasteiger partial charge on any atom is -0.481 e. The van der Waals surface area contributed by atoms with E-state index in [1.165, 1.54) is 25.3 Å². The fourth-order valence-corrected chi connectivity index (χ4v) is 7.59. The average Bonchev–Trinajstić information content (AvgIpc) is 3.07. The van der Waals surface area contributed by atoms with Gasteiger partial charge in [-0.05, 0) is 82.2 Å². The van der Waals surface area contributed by atoms with Crippen LogP contribution in [0.4, 0.5) is 21.8 Å². The number of carboxylic acid groups (broad SMARTS) is 1. The third kappa shape index (κ3) is 7.97. The van der Waals surface area contributed by atoms with E-state index in [0.717, 1.165) is 73.8 Å². The number of hydrogen-bond donors (Lipinski definition) is 3. The Bertz CT molecular complexity index is 1390. The molecule has 2 aliphatic heterocycles. The van der Waals surface area contributed by atoms with Gasteiger partial charge in [0.1, 0.15) is 11.6 Å². The Kier molecular flexibility index (Phi) is 11.5. The number of anilines is 3. The quantitative estimate of drug-likeness (QED) is 0.274. The van der Waals surface area contributed by atoms with Crippen LogP contribution in [0.2, 0.25) is 0 Å². The molecule has 1 saturated carbocycles. The summed E-state index contributed by atoms with van der Waals surface area (Å²) >= 11 is 0. The van der Waals surface area contributed by atoms with E-state index in [4.69, 9.17) is 15.7 Å². The molecule has 0 radical (unpaired) electrons. The maximum atomic E-state index is 14.2. The molecule has 1 aromatic carbocycles. The SMILES string of the molecule is CC[C@H](C1CCC(C(=O)O)CC1)N(C)c1nc2c(c(N[C@@H](CN3CCCCC3)/C(C=NC)=C/N)n1)CN(c1cccc(F)c1)CC2. The van der Waals surface area contributed by atoms with Gasteiger partial charge in [0.25, 0.3) is 0 Å². The summed E-state index contributed by atoms with van der Waals surface area (Å²) in [6.45, 7) is 6.34. The van der Waals surface area contributed by atoms with Gasteiger partial charge in [-0.1, -0.05) is 19.4 Å². The number of aromatic nitrogens is 2. The monoisotopic (exact) mass is 634 g/mol. The van der Waals surface area contributed by atoms with Gasteiger partial charge in [-0.3, -0.25) is 9.79 Å². The predicted octanol–water partition coefficient (Wildman–Crippen LogP) is 5.09. The molecule has 5 rings (SSSR count). The number of aliphatic imine (C=N–C) groups is 1. The number of fused-ring (bicyclic) bond motifs is 1. The zero-order valence-corrected chi connectivity index (χ0v) is 27.7. The molecule has 0 amide bonds. The molecule has 11 heteroatoms. The molecule has 2 fully saturated rings. The molecule has 250 valence electrons. The third-order valence-corrected chi connectivity index (χ3v) is 10.2. The lowest BCUT2D eigenvalue weighted by Crippen LogP contribution is -2.43. The highest BCUT2D eigenvalue weighted by Crippen LogP contribution is 2.36. The van der Waals surface area contributed by atoms with Crippen LogP contribution in [0.25, 0.3) is 0 Å². The first kappa shape index (κ1) is 33.6. The van der Waals surface area contributed by atoms with Gasteiger partial charge >= 0.3 is 5.97 Å². The maximum Gasteiger partial charge on any atom is 0.306 e. The molecule has 3 heterocycles. The first-order valence-corrected chi connectivity index (χ1v) is 17.0. The standard InChI is InChI=1S/C35H51FN8O2/c1-4-32(24-11-13-25(14-12-24)34(45)46)42(3)35-40-30-15-18-44(28-10-8-9-27(36)19-28)22-29(30)33(41-35)39-31(26(20-37)21-38-2)23-43-16-6-5-7-17-43/h8-10,19-21,24-25,31-32H,4-7,11-18,22-23,37H2,1-3H3,(H,45,46)(H,39,40,41)/b26-20+,38-21?/t24?,25?,31-,32+/m0/s1. The number of carboxylic acids is 1. The van der Waals surface area contributed by atoms with Crippen LogP contribution in [0, 0.1) is 17.7 Å². The molecule has 1 saturated heterocycles. The van der Waals surface area contributed by atoms with Crippen molar-refractivity contribution in [2.24, 2.45) is 22.6 Å². The largest absolute Gasteiger partial charge is 0.481 e. The number of nitrogens with two attached hydrogens (primary N) is 1. The van der Waals surface area contributed by atoms with Crippen molar-refractivity contribution in [3.8, 4) is 0 Å². The second-order valence-electron chi connectivity index (χ2n) is 13.1. The fourth-order valence-electron chi connectivity index (χ4n) is 7.59. The van der Waals surface area contributed by atoms with Gasteiger partial charge in [0, 0.05) is 75.4 Å². The van der Waals surface area contributed by atoms with Crippen LogP contribution in [0.1, 0.15) is 69.5 Å². The molecule has 3 aliphatic rings. The third-order valence-electron chi connectivity index (χ3n) is 10.2. The Morgan fingerprint density at radius 3 is 2.61 bits per heavy atom. The highest BCUT2D eigenvalue weighted by Gasteiger charge is 2.34. The molecule has 4 N–H and O–H groups in total. The first-order valence-electron chi connectivity index (χ1n) is 17.0. The molecule has 46 heavy (non-hydrogen) atoms. The number of aliphatic carboxylic acids is 1. The Balaban J connectivity index is 1.49. The van der Waals surface area contributed by atoms with Crippen molar-refractivity contribution in [3.63, 3.8) is 0 Å². The summed E-state index contributed by atoms with van der Waals surface area (Å²) in [6, 6.07) is 6.81. The van der Waals surface area contributed by atoms with E-state index in [1.54, 1.807) is 25.4 Å². The number of nitrogens with zero attached hydrogens (tertiary/aromatic N) is 6. The number of carbonyl (C=O) groups is 1. The molecular weight excluding hydrogens is 583 g/mol. The van der Waals surface area contributed by atoms with Crippen molar-refractivity contribution in [1.29, 1.82) is 0 Å². The van der Waals surface area contributed by atoms with Gasteiger partial charge in [0.2, 0.25) is 5.95 Å². The number of halogens is 1. The van der Waals surface area contributed by atoms with Crippen LogP contribution in [-0.4, -0.2) is 84.5 Å². The van der Waals surface area contributed by atoms with Crippen LogP contribution in [0.15, 0.2) is 41.0 Å². The van der Waals surface area contributed by atoms with Crippen LogP contribution in [-0.2, 0) is 17.8 Å². The van der Waals surface area contributed by atoms with E-state index in [9.17, 15) is 14.3 Å². The van der Waals surface area contributed by atoms with E-state index >= 15 is 0 Å². The Morgan fingerprint density at radius 1 is 1.20 bits per heavy atom. The molecular formula is C35H51FN8O2. The second-order valence-corrected chi connectivity index (χ2v) is 13.1. The Hall–Kier alpha value is -3.73. The van der Waals surface area contributed by atoms with Crippen molar-refractivity contribution < 1.29 is 14.3 Å². The van der Waals surface area contributed by atoms with E-state index in [0.29, 0.717) is 37.7 Å². The van der Waals surface area contributed by atoms with E-state index in [-0.39, 0.29) is 23.8 Å². The van der Waals surface area contributed by atoms with Gasteiger partial charge < -0.3 is 30.9 Å². The summed E-state index contributed by atoms with van der Waals surface area (Å²) in [7, 11) is 3.83. The highest BCUT2D eigenvalue weighted by molar-refractivity contribution is 5.81. The zero-order chi connectivity index (χ0) is 32.6. The van der Waals surface area contributed by atoms with Gasteiger partial charge in [-0.15, -0.1) is 0 Å². The summed E-state index contributed by atoms with van der Waals surface area (Å²) in [5, 5.41) is 13.3. The smallest absolute Gasteiger partial charge is 0.306 e. The minimum absolute atomic E-state index is 0.137. The highest BCUT2D eigenvalue weighted by atomic mass is 19.1. The van der Waals surface area contributed by atoms with Crippen LogP contribution < -0.4 is 20.9 Å². The lowest BCUT2D eigenvalue weighted by Gasteiger charge is -2.39. The first-order chi connectivity index (χ1) is 22.3. The van der Waals surface area contributed by atoms with Gasteiger partial charge in [-0.2, -0.15) is 4.98 Å². The number of hydrogen-bond acceptors (Lipinski definition) is 9. The molecule has 10 nitrogen and oxygen atoms in total. The average molecular weight is 635 g/mol. The van der Waals surface area contributed by atoms with E-state index in [2.05, 4.69) is 39.0 Å². The summed E-state index contributed by atoms with van der Waals surface area (Å²) in [6.07, 6.45) is 11.9. The van der Waals surface area contributed by atoms with Crippen molar-refractivity contribution in [1.82, 2.24) is 14.9 Å². The zero-order valence-electron chi connectivity index (χ0n) is 27.7. The van der Waals surface area contributed by atoms with Gasteiger partial charge in [0.15, 0.2) is 0 Å². The molecule has 0 spiro atoms. The number of likely N-dealkylation sites (tertiary alicyclic amines) is 1. The Labute approximate surface area is 273 Å². The van der Waals surface area contributed by atoms with Crippen molar-refractivity contribution in [3.05, 3.63) is 53.1 Å². The second kappa shape index (κ2) is 15.7. The molecule has 0 unspecified atom stereocenters. The minimum atomic E-state index is -0.681. The maximum absolute atomic E-state index is 14.2. The van der Waals surface area contributed by atoms with Gasteiger partial charge in [0.05, 0.1) is 17.7 Å². The van der Waals surface area contributed by atoms with E-state index in [1.807, 2.05) is 12.3 Å². The molecule has 1 aromatic heterocycles. The molecule has 2 atom stereocenters. The summed E-state index contributed by atoms with van der Waals surface area (Å²) in [5.74, 6) is 0.638. The van der Waals surface area contributed by atoms with Gasteiger partial charge in [-0.25, -0.2) is 9.37 Å². The molecule has 0 bridgehead atoms. The number of benzene rings is 1. The number of rotatable bonds is 12. The lowest BCUT2D eigenvalue weighted by atomic mass is 9.77. The van der Waals surface area contributed by atoms with Crippen molar-refractivity contribution in [2.75, 3.05) is 55.4 Å². The predicted molar refractivity (Wildman–Crippen MR) is 183 cm³/mol. The Morgan fingerprint density at radius 2 is 1.96 bits per heavy atom. The van der Waals surface area contributed by atoms with Crippen molar-refractivity contribution >= 4 is 29.6 Å². The fraction of sp³-hybridized carbons (Fsp3) is 0.600. The molecule has 1 aliphatic carbocycles. The number of nitrogens with one attached hydrogen (secondary N) is 1. The summed E-state index contributed by atoms with van der Waals surface area (Å²) in [4.78, 5) is 33.2. The number of piperidine rings is 1.